The number of amides is 1. The van der Waals surface area contributed by atoms with Crippen LogP contribution in [0.2, 0.25) is 0 Å². The average molecular weight is 431 g/mol. The molecule has 0 N–H and O–H groups in total. The van der Waals surface area contributed by atoms with E-state index in [1.54, 1.807) is 11.8 Å². The molecule has 4 heterocycles. The number of hydrogen-bond donors (Lipinski definition) is 0. The number of methoxy groups -OCH3 is 1. The molecule has 1 aliphatic rings. The molecule has 1 aromatic carbocycles. The van der Waals surface area contributed by atoms with Crippen molar-refractivity contribution in [3.05, 3.63) is 66.7 Å². The highest BCUT2D eigenvalue weighted by Gasteiger charge is 2.23. The fraction of sp³-hybridized carbons (Fsp3) is 0.292. The third-order valence-corrected chi connectivity index (χ3v) is 6.02. The lowest BCUT2D eigenvalue weighted by atomic mass is 10.1. The van der Waals surface area contributed by atoms with Gasteiger partial charge in [-0.25, -0.2) is 4.52 Å². The van der Waals surface area contributed by atoms with Gasteiger partial charge in [0.2, 0.25) is 5.91 Å². The molecule has 3 aromatic heterocycles. The highest BCUT2D eigenvalue weighted by atomic mass is 16.5. The minimum atomic E-state index is 0.163. The number of rotatable bonds is 5. The summed E-state index contributed by atoms with van der Waals surface area (Å²) in [5.74, 6) is 0.964. The van der Waals surface area contributed by atoms with E-state index in [2.05, 4.69) is 27.2 Å². The quantitative estimate of drug-likeness (QED) is 0.487. The molecule has 1 amide bonds. The first kappa shape index (κ1) is 20.1. The van der Waals surface area contributed by atoms with E-state index in [9.17, 15) is 4.79 Å². The van der Waals surface area contributed by atoms with Gasteiger partial charge < -0.3 is 14.5 Å². The van der Waals surface area contributed by atoms with Crippen LogP contribution in [-0.4, -0.2) is 63.5 Å². The fourth-order valence-electron chi connectivity index (χ4n) is 4.18. The lowest BCUT2D eigenvalue weighted by Gasteiger charge is -2.35. The van der Waals surface area contributed by atoms with E-state index in [4.69, 9.17) is 4.74 Å². The van der Waals surface area contributed by atoms with Gasteiger partial charge in [0.1, 0.15) is 5.75 Å². The van der Waals surface area contributed by atoms with E-state index in [1.165, 1.54) is 0 Å². The SMILES string of the molecule is COc1ccc(CC(=O)N2CCN(c3cnn4cc(-c5cnn(C)c5)ccc34)CC2)cc1. The van der Waals surface area contributed by atoms with Crippen molar-refractivity contribution in [2.75, 3.05) is 38.2 Å². The van der Waals surface area contributed by atoms with Crippen molar-refractivity contribution in [3.63, 3.8) is 0 Å². The maximum absolute atomic E-state index is 12.8. The molecule has 8 nitrogen and oxygen atoms in total. The summed E-state index contributed by atoms with van der Waals surface area (Å²) in [7, 11) is 3.55. The van der Waals surface area contributed by atoms with Gasteiger partial charge in [-0.05, 0) is 23.8 Å². The molecule has 8 heteroatoms. The number of anilines is 1. The van der Waals surface area contributed by atoms with Crippen molar-refractivity contribution in [2.45, 2.75) is 6.42 Å². The van der Waals surface area contributed by atoms with Crippen molar-refractivity contribution in [1.82, 2.24) is 24.3 Å². The summed E-state index contributed by atoms with van der Waals surface area (Å²) >= 11 is 0. The van der Waals surface area contributed by atoms with Crippen molar-refractivity contribution in [2.24, 2.45) is 7.05 Å². The molecule has 0 bridgehead atoms. The summed E-state index contributed by atoms with van der Waals surface area (Å²) in [5.41, 5.74) is 5.32. The van der Waals surface area contributed by atoms with Crippen LogP contribution in [0.5, 0.6) is 5.75 Å². The predicted molar refractivity (Wildman–Crippen MR) is 123 cm³/mol. The summed E-state index contributed by atoms with van der Waals surface area (Å²) in [6.07, 6.45) is 8.21. The zero-order valence-corrected chi connectivity index (χ0v) is 18.3. The third-order valence-electron chi connectivity index (χ3n) is 6.02. The maximum Gasteiger partial charge on any atom is 0.227 e. The number of aryl methyl sites for hydroxylation is 1. The highest BCUT2D eigenvalue weighted by molar-refractivity contribution is 5.80. The van der Waals surface area contributed by atoms with Gasteiger partial charge >= 0.3 is 0 Å². The van der Waals surface area contributed by atoms with Gasteiger partial charge in [-0.3, -0.25) is 9.48 Å². The number of nitrogens with zero attached hydrogens (tertiary/aromatic N) is 6. The van der Waals surface area contributed by atoms with Gasteiger partial charge in [0.25, 0.3) is 0 Å². The van der Waals surface area contributed by atoms with Gasteiger partial charge in [-0.15, -0.1) is 0 Å². The van der Waals surface area contributed by atoms with Crippen LogP contribution < -0.4 is 9.64 Å². The summed E-state index contributed by atoms with van der Waals surface area (Å²) in [6.45, 7) is 3.00. The summed E-state index contributed by atoms with van der Waals surface area (Å²) in [4.78, 5) is 17.0. The third kappa shape index (κ3) is 3.91. The fourth-order valence-corrected chi connectivity index (χ4v) is 4.18. The predicted octanol–water partition coefficient (Wildman–Crippen LogP) is 2.63. The summed E-state index contributed by atoms with van der Waals surface area (Å²) in [6, 6.07) is 11.9. The van der Waals surface area contributed by atoms with Crippen molar-refractivity contribution < 1.29 is 9.53 Å². The Kier molecular flexibility index (Phi) is 5.26. The van der Waals surface area contributed by atoms with E-state index < -0.39 is 0 Å². The Morgan fingerprint density at radius 2 is 1.72 bits per heavy atom. The summed E-state index contributed by atoms with van der Waals surface area (Å²) in [5, 5.41) is 8.82. The lowest BCUT2D eigenvalue weighted by molar-refractivity contribution is -0.130. The number of piperazine rings is 1. The Morgan fingerprint density at radius 3 is 2.41 bits per heavy atom. The molecule has 0 spiro atoms. The topological polar surface area (TPSA) is 67.9 Å². The molecule has 0 unspecified atom stereocenters. The van der Waals surface area contributed by atoms with Crippen LogP contribution >= 0.6 is 0 Å². The van der Waals surface area contributed by atoms with E-state index in [0.717, 1.165) is 46.7 Å². The van der Waals surface area contributed by atoms with Crippen LogP contribution in [0, 0.1) is 0 Å². The zero-order chi connectivity index (χ0) is 22.1. The van der Waals surface area contributed by atoms with Crippen LogP contribution in [0.1, 0.15) is 5.56 Å². The number of hydrogen-bond acceptors (Lipinski definition) is 5. The first-order chi connectivity index (χ1) is 15.6. The molecule has 164 valence electrons. The largest absolute Gasteiger partial charge is 0.497 e. The number of ether oxygens (including phenoxy) is 1. The van der Waals surface area contributed by atoms with Gasteiger partial charge in [-0.1, -0.05) is 18.2 Å². The Morgan fingerprint density at radius 1 is 0.938 bits per heavy atom. The molecule has 32 heavy (non-hydrogen) atoms. The van der Waals surface area contributed by atoms with Crippen LogP contribution in [0.3, 0.4) is 0 Å². The number of fused-ring (bicyclic) bond motifs is 1. The molecule has 1 fully saturated rings. The molecule has 5 rings (SSSR count). The Hall–Kier alpha value is -3.81. The van der Waals surface area contributed by atoms with Crippen molar-refractivity contribution >= 4 is 17.1 Å². The molecule has 0 atom stereocenters. The van der Waals surface area contributed by atoms with Crippen LogP contribution in [-0.2, 0) is 18.3 Å². The minimum absolute atomic E-state index is 0.163. The standard InChI is InChI=1S/C24H26N6O2/c1-27-16-20(14-25-27)19-5-8-22-23(15-26-30(22)17-19)28-9-11-29(12-10-28)24(31)13-18-3-6-21(32-2)7-4-18/h3-8,14-17H,9-13H2,1-2H3. The van der Waals surface area contributed by atoms with E-state index in [1.807, 2.05) is 65.5 Å². The van der Waals surface area contributed by atoms with Crippen molar-refractivity contribution in [3.8, 4) is 16.9 Å². The molecule has 0 saturated carbocycles. The average Bonchev–Trinajstić information content (AvgIpc) is 3.45. The maximum atomic E-state index is 12.8. The molecule has 1 aliphatic heterocycles. The molecule has 0 radical (unpaired) electrons. The first-order valence-corrected chi connectivity index (χ1v) is 10.7. The molecular weight excluding hydrogens is 404 g/mol. The molecule has 1 saturated heterocycles. The first-order valence-electron chi connectivity index (χ1n) is 10.7. The van der Waals surface area contributed by atoms with Gasteiger partial charge in [-0.2, -0.15) is 10.2 Å². The molecule has 4 aromatic rings. The number of benzene rings is 1. The van der Waals surface area contributed by atoms with E-state index in [-0.39, 0.29) is 5.91 Å². The Labute approximate surface area is 186 Å². The van der Waals surface area contributed by atoms with Crippen LogP contribution in [0.4, 0.5) is 5.69 Å². The Bertz CT molecular complexity index is 1240. The van der Waals surface area contributed by atoms with E-state index >= 15 is 0 Å². The Balaban J connectivity index is 1.24. The number of pyridine rings is 1. The zero-order valence-electron chi connectivity index (χ0n) is 18.3. The highest BCUT2D eigenvalue weighted by Crippen LogP contribution is 2.26. The number of carbonyl (C=O) groups is 1. The smallest absolute Gasteiger partial charge is 0.227 e. The minimum Gasteiger partial charge on any atom is -0.497 e. The normalized spacial score (nSPS) is 14.2. The number of carbonyl (C=O) groups excluding carboxylic acids is 1. The number of aromatic nitrogens is 4. The van der Waals surface area contributed by atoms with Gasteiger partial charge in [0.05, 0.1) is 37.1 Å². The van der Waals surface area contributed by atoms with Crippen LogP contribution in [0.25, 0.3) is 16.6 Å². The van der Waals surface area contributed by atoms with Crippen molar-refractivity contribution in [1.29, 1.82) is 0 Å². The summed E-state index contributed by atoms with van der Waals surface area (Å²) < 4.78 is 8.90. The van der Waals surface area contributed by atoms with E-state index in [0.29, 0.717) is 19.5 Å². The van der Waals surface area contributed by atoms with Crippen LogP contribution in [0.15, 0.2) is 61.2 Å². The second-order valence-corrected chi connectivity index (χ2v) is 8.07. The molecule has 0 aliphatic carbocycles. The monoisotopic (exact) mass is 430 g/mol. The lowest BCUT2D eigenvalue weighted by Crippen LogP contribution is -2.49. The van der Waals surface area contributed by atoms with Gasteiger partial charge in [0.15, 0.2) is 0 Å². The second-order valence-electron chi connectivity index (χ2n) is 8.07. The van der Waals surface area contributed by atoms with Gasteiger partial charge in [0, 0.05) is 56.7 Å². The second kappa shape index (κ2) is 8.37. The molecular formula is C24H26N6O2.